The van der Waals surface area contributed by atoms with Crippen molar-refractivity contribution in [3.8, 4) is 0 Å². The number of aromatic nitrogens is 1. The molecule has 106 valence electrons. The Bertz CT molecular complexity index is 813. The molecule has 3 aromatic rings. The van der Waals surface area contributed by atoms with Crippen LogP contribution in [0.4, 0.5) is 9.52 Å². The lowest BCUT2D eigenvalue weighted by molar-refractivity contribution is 0.102. The highest BCUT2D eigenvalue weighted by molar-refractivity contribution is 7.22. The summed E-state index contributed by atoms with van der Waals surface area (Å²) >= 11 is 1.42. The van der Waals surface area contributed by atoms with Gasteiger partial charge in [-0.1, -0.05) is 30.4 Å². The number of amides is 1. The van der Waals surface area contributed by atoms with Gasteiger partial charge in [0.1, 0.15) is 5.82 Å². The van der Waals surface area contributed by atoms with Crippen LogP contribution in [0.3, 0.4) is 0 Å². The molecule has 0 radical (unpaired) electrons. The van der Waals surface area contributed by atoms with E-state index < -0.39 is 5.82 Å². The van der Waals surface area contributed by atoms with Gasteiger partial charge in [-0.25, -0.2) is 9.37 Å². The van der Waals surface area contributed by atoms with Gasteiger partial charge in [-0.05, 0) is 42.3 Å². The largest absolute Gasteiger partial charge is 0.298 e. The monoisotopic (exact) mass is 300 g/mol. The Morgan fingerprint density at radius 2 is 2.14 bits per heavy atom. The number of fused-ring (bicyclic) bond motifs is 1. The summed E-state index contributed by atoms with van der Waals surface area (Å²) in [6.07, 6.45) is 0.957. The van der Waals surface area contributed by atoms with Crippen molar-refractivity contribution >= 4 is 32.6 Å². The third-order valence-corrected chi connectivity index (χ3v) is 4.10. The highest BCUT2D eigenvalue weighted by Gasteiger charge is 2.10. The van der Waals surface area contributed by atoms with Crippen molar-refractivity contribution in [2.45, 2.75) is 13.3 Å². The van der Waals surface area contributed by atoms with Gasteiger partial charge >= 0.3 is 0 Å². The Balaban J connectivity index is 1.86. The Morgan fingerprint density at radius 3 is 2.90 bits per heavy atom. The van der Waals surface area contributed by atoms with Crippen LogP contribution in [0, 0.1) is 5.82 Å². The average Bonchev–Trinajstić information content (AvgIpc) is 2.88. The zero-order valence-corrected chi connectivity index (χ0v) is 12.2. The molecule has 1 amide bonds. The van der Waals surface area contributed by atoms with Gasteiger partial charge in [0.2, 0.25) is 0 Å². The number of benzene rings is 2. The molecule has 0 saturated heterocycles. The molecule has 0 aliphatic heterocycles. The van der Waals surface area contributed by atoms with Crippen molar-refractivity contribution < 1.29 is 9.18 Å². The molecule has 0 fully saturated rings. The minimum absolute atomic E-state index is 0.281. The van der Waals surface area contributed by atoms with Crippen molar-refractivity contribution in [2.75, 3.05) is 5.32 Å². The Labute approximate surface area is 125 Å². The van der Waals surface area contributed by atoms with E-state index in [1.807, 2.05) is 12.1 Å². The number of hydrogen-bond donors (Lipinski definition) is 1. The standard InChI is InChI=1S/C16H13FN2OS/c1-2-10-6-7-13-14(8-10)21-16(18-13)19-15(20)11-4-3-5-12(17)9-11/h3-9H,2H2,1H3,(H,18,19,20). The predicted molar refractivity (Wildman–Crippen MR) is 83.4 cm³/mol. The molecular weight excluding hydrogens is 287 g/mol. The van der Waals surface area contributed by atoms with Crippen LogP contribution in [0.5, 0.6) is 0 Å². The lowest BCUT2D eigenvalue weighted by Crippen LogP contribution is -2.11. The number of thiazole rings is 1. The van der Waals surface area contributed by atoms with E-state index in [1.54, 1.807) is 6.07 Å². The summed E-state index contributed by atoms with van der Waals surface area (Å²) in [6, 6.07) is 11.6. The molecule has 0 unspecified atom stereocenters. The number of carbonyl (C=O) groups is 1. The number of rotatable bonds is 3. The molecule has 1 N–H and O–H groups in total. The van der Waals surface area contributed by atoms with E-state index in [0.29, 0.717) is 5.13 Å². The van der Waals surface area contributed by atoms with Gasteiger partial charge in [0.25, 0.3) is 5.91 Å². The summed E-state index contributed by atoms with van der Waals surface area (Å²) < 4.78 is 14.2. The van der Waals surface area contributed by atoms with E-state index >= 15 is 0 Å². The number of nitrogens with one attached hydrogen (secondary N) is 1. The normalized spacial score (nSPS) is 10.8. The van der Waals surface area contributed by atoms with Gasteiger partial charge in [-0.3, -0.25) is 10.1 Å². The van der Waals surface area contributed by atoms with E-state index in [9.17, 15) is 9.18 Å². The molecule has 3 rings (SSSR count). The molecule has 0 bridgehead atoms. The zero-order chi connectivity index (χ0) is 14.8. The van der Waals surface area contributed by atoms with Crippen LogP contribution in [0.25, 0.3) is 10.2 Å². The van der Waals surface area contributed by atoms with Crippen LogP contribution in [0.2, 0.25) is 0 Å². The summed E-state index contributed by atoms with van der Waals surface area (Å²) in [5.74, 6) is -0.788. The molecule has 21 heavy (non-hydrogen) atoms. The third kappa shape index (κ3) is 2.92. The molecule has 1 heterocycles. The lowest BCUT2D eigenvalue weighted by atomic mass is 10.2. The Morgan fingerprint density at radius 1 is 1.29 bits per heavy atom. The smallest absolute Gasteiger partial charge is 0.257 e. The van der Waals surface area contributed by atoms with Gasteiger partial charge in [0.15, 0.2) is 5.13 Å². The molecule has 0 atom stereocenters. The molecule has 2 aromatic carbocycles. The first-order valence-corrected chi connectivity index (χ1v) is 7.44. The van der Waals surface area contributed by atoms with Crippen molar-refractivity contribution in [2.24, 2.45) is 0 Å². The summed E-state index contributed by atoms with van der Waals surface area (Å²) in [4.78, 5) is 16.4. The maximum atomic E-state index is 13.1. The van der Waals surface area contributed by atoms with Crippen LogP contribution in [-0.4, -0.2) is 10.9 Å². The Kier molecular flexibility index (Phi) is 3.66. The number of halogens is 1. The van der Waals surface area contributed by atoms with Crippen molar-refractivity contribution in [3.63, 3.8) is 0 Å². The van der Waals surface area contributed by atoms with Gasteiger partial charge in [-0.2, -0.15) is 0 Å². The van der Waals surface area contributed by atoms with E-state index in [-0.39, 0.29) is 11.5 Å². The van der Waals surface area contributed by atoms with Gasteiger partial charge < -0.3 is 0 Å². The molecule has 1 aromatic heterocycles. The van der Waals surface area contributed by atoms with Crippen LogP contribution in [0.1, 0.15) is 22.8 Å². The van der Waals surface area contributed by atoms with E-state index in [4.69, 9.17) is 0 Å². The second-order valence-corrected chi connectivity index (χ2v) is 5.67. The predicted octanol–water partition coefficient (Wildman–Crippen LogP) is 4.25. The number of anilines is 1. The first-order chi connectivity index (χ1) is 10.2. The maximum Gasteiger partial charge on any atom is 0.257 e. The first-order valence-electron chi connectivity index (χ1n) is 6.62. The molecule has 0 saturated carbocycles. The SMILES string of the molecule is CCc1ccc2nc(NC(=O)c3cccc(F)c3)sc2c1. The fourth-order valence-corrected chi connectivity index (χ4v) is 2.97. The second-order valence-electron chi connectivity index (χ2n) is 4.64. The third-order valence-electron chi connectivity index (χ3n) is 3.17. The number of aryl methyl sites for hydroxylation is 1. The van der Waals surface area contributed by atoms with E-state index in [1.165, 1.54) is 35.1 Å². The quantitative estimate of drug-likeness (QED) is 0.785. The number of nitrogens with zero attached hydrogens (tertiary/aromatic N) is 1. The first kappa shape index (κ1) is 13.7. The van der Waals surface area contributed by atoms with Gasteiger partial charge in [0.05, 0.1) is 10.2 Å². The average molecular weight is 300 g/mol. The molecule has 5 heteroatoms. The zero-order valence-electron chi connectivity index (χ0n) is 11.4. The lowest BCUT2D eigenvalue weighted by Gasteiger charge is -2.00. The van der Waals surface area contributed by atoms with Crippen LogP contribution in [-0.2, 0) is 6.42 Å². The highest BCUT2D eigenvalue weighted by atomic mass is 32.1. The van der Waals surface area contributed by atoms with Crippen LogP contribution >= 0.6 is 11.3 Å². The highest BCUT2D eigenvalue weighted by Crippen LogP contribution is 2.27. The minimum atomic E-state index is -0.431. The van der Waals surface area contributed by atoms with Crippen molar-refractivity contribution in [1.82, 2.24) is 4.98 Å². The molecule has 0 spiro atoms. The molecule has 0 aliphatic rings. The van der Waals surface area contributed by atoms with Gasteiger partial charge in [0, 0.05) is 5.56 Å². The van der Waals surface area contributed by atoms with E-state index in [2.05, 4.69) is 23.3 Å². The maximum absolute atomic E-state index is 13.1. The summed E-state index contributed by atoms with van der Waals surface area (Å²) in [5.41, 5.74) is 2.37. The van der Waals surface area contributed by atoms with Gasteiger partial charge in [-0.15, -0.1) is 0 Å². The topological polar surface area (TPSA) is 42.0 Å². The van der Waals surface area contributed by atoms with Crippen LogP contribution in [0.15, 0.2) is 42.5 Å². The fourth-order valence-electron chi connectivity index (χ4n) is 2.04. The Hall–Kier alpha value is -2.27. The van der Waals surface area contributed by atoms with Crippen molar-refractivity contribution in [3.05, 3.63) is 59.4 Å². The minimum Gasteiger partial charge on any atom is -0.298 e. The summed E-state index contributed by atoms with van der Waals surface area (Å²) in [6.45, 7) is 2.09. The molecule has 3 nitrogen and oxygen atoms in total. The van der Waals surface area contributed by atoms with E-state index in [0.717, 1.165) is 16.6 Å². The van der Waals surface area contributed by atoms with Crippen molar-refractivity contribution in [1.29, 1.82) is 0 Å². The number of hydrogen-bond acceptors (Lipinski definition) is 3. The molecular formula is C16H13FN2OS. The molecule has 0 aliphatic carbocycles. The summed E-state index contributed by atoms with van der Waals surface area (Å²) in [5, 5.41) is 3.23. The van der Waals surface area contributed by atoms with Crippen LogP contribution < -0.4 is 5.32 Å². The second kappa shape index (κ2) is 5.61. The summed E-state index contributed by atoms with van der Waals surface area (Å²) in [7, 11) is 0. The fraction of sp³-hybridized carbons (Fsp3) is 0.125. The number of carbonyl (C=O) groups excluding carboxylic acids is 1.